The fourth-order valence-corrected chi connectivity index (χ4v) is 5.24. The Bertz CT molecular complexity index is 804. The Morgan fingerprint density at radius 1 is 1.15 bits per heavy atom. The van der Waals surface area contributed by atoms with Crippen molar-refractivity contribution in [1.82, 2.24) is 10.2 Å². The van der Waals surface area contributed by atoms with Gasteiger partial charge in [0.2, 0.25) is 11.8 Å². The lowest BCUT2D eigenvalue weighted by molar-refractivity contribution is -0.142. The Morgan fingerprint density at radius 2 is 1.85 bits per heavy atom. The average molecular weight is 457 g/mol. The number of piperidine rings is 1. The van der Waals surface area contributed by atoms with E-state index in [1.54, 1.807) is 0 Å². The topological polar surface area (TPSA) is 58.6 Å². The van der Waals surface area contributed by atoms with Crippen molar-refractivity contribution < 1.29 is 14.3 Å². The molecule has 0 saturated carbocycles. The average Bonchev–Trinajstić information content (AvgIpc) is 2.73. The van der Waals surface area contributed by atoms with Gasteiger partial charge in [0, 0.05) is 19.5 Å². The predicted molar refractivity (Wildman–Crippen MR) is 133 cm³/mol. The summed E-state index contributed by atoms with van der Waals surface area (Å²) in [5.41, 5.74) is 0.855. The zero-order chi connectivity index (χ0) is 24.1. The fourth-order valence-electron chi connectivity index (χ4n) is 5.24. The summed E-state index contributed by atoms with van der Waals surface area (Å²) in [5.74, 6) is 1.79. The van der Waals surface area contributed by atoms with E-state index in [1.165, 1.54) is 5.56 Å². The molecule has 2 aliphatic rings. The highest BCUT2D eigenvalue weighted by Crippen LogP contribution is 2.38. The maximum Gasteiger partial charge on any atom is 0.226 e. The number of aryl methyl sites for hydroxylation is 1. The number of carbonyl (C=O) groups is 2. The number of nitrogens with zero attached hydrogens (tertiary/aromatic N) is 1. The third-order valence-electron chi connectivity index (χ3n) is 7.09. The molecule has 33 heavy (non-hydrogen) atoms. The van der Waals surface area contributed by atoms with Crippen LogP contribution in [0.5, 0.6) is 5.75 Å². The molecule has 5 heteroatoms. The summed E-state index contributed by atoms with van der Waals surface area (Å²) in [6, 6.07) is 8.29. The number of hydrogen-bond donors (Lipinski definition) is 1. The molecule has 1 aromatic carbocycles. The van der Waals surface area contributed by atoms with Crippen molar-refractivity contribution in [3.05, 3.63) is 29.8 Å². The van der Waals surface area contributed by atoms with Crippen LogP contribution in [0, 0.1) is 16.7 Å². The van der Waals surface area contributed by atoms with Gasteiger partial charge in [-0.2, -0.15) is 0 Å². The first-order chi connectivity index (χ1) is 15.6. The minimum Gasteiger partial charge on any atom is -0.491 e. The summed E-state index contributed by atoms with van der Waals surface area (Å²) in [6.07, 6.45) is 6.85. The Hall–Kier alpha value is -2.04. The largest absolute Gasteiger partial charge is 0.491 e. The zero-order valence-corrected chi connectivity index (χ0v) is 21.4. The SMILES string of the molecule is CC(C)C[C@H]1COc2ccccc2CCCCC2(CCN(C(=O)CC(C)(C)C)CC2)C(=O)N1. The molecule has 0 bridgehead atoms. The van der Waals surface area contributed by atoms with Crippen molar-refractivity contribution in [3.63, 3.8) is 0 Å². The Labute approximate surface area is 200 Å². The van der Waals surface area contributed by atoms with Gasteiger partial charge < -0.3 is 15.0 Å². The molecule has 184 valence electrons. The standard InChI is InChI=1S/C28H44N2O3/c1-21(2)18-23-20-33-24-12-7-6-10-22(24)11-8-9-13-28(26(32)29-23)14-16-30(17-15-28)25(31)19-27(3,4)5/h6-7,10,12,21,23H,8-9,11,13-20H2,1-5H3,(H,29,32)/t23-/m0/s1. The number of nitrogens with one attached hydrogen (secondary N) is 1. The number of carbonyl (C=O) groups excluding carboxylic acids is 2. The number of benzene rings is 1. The first-order valence-electron chi connectivity index (χ1n) is 12.9. The molecule has 2 amide bonds. The molecule has 0 unspecified atom stereocenters. The molecule has 0 radical (unpaired) electrons. The van der Waals surface area contributed by atoms with Crippen LogP contribution in [0.25, 0.3) is 0 Å². The predicted octanol–water partition coefficient (Wildman–Crippen LogP) is 5.37. The highest BCUT2D eigenvalue weighted by Gasteiger charge is 2.42. The van der Waals surface area contributed by atoms with Crippen LogP contribution in [-0.4, -0.2) is 42.5 Å². The van der Waals surface area contributed by atoms with Crippen LogP contribution in [0.15, 0.2) is 24.3 Å². The van der Waals surface area contributed by atoms with E-state index in [9.17, 15) is 9.59 Å². The van der Waals surface area contributed by atoms with Crippen LogP contribution >= 0.6 is 0 Å². The van der Waals surface area contributed by atoms with Crippen molar-refractivity contribution in [2.45, 2.75) is 92.0 Å². The second kappa shape index (κ2) is 10.9. The zero-order valence-electron chi connectivity index (χ0n) is 21.4. The molecule has 1 aromatic rings. The molecular weight excluding hydrogens is 412 g/mol. The molecule has 1 spiro atoms. The molecule has 0 aliphatic carbocycles. The van der Waals surface area contributed by atoms with Crippen molar-refractivity contribution in [1.29, 1.82) is 0 Å². The Balaban J connectivity index is 1.75. The van der Waals surface area contributed by atoms with Gasteiger partial charge in [0.1, 0.15) is 12.4 Å². The van der Waals surface area contributed by atoms with Crippen molar-refractivity contribution in [3.8, 4) is 5.75 Å². The number of rotatable bonds is 3. The molecule has 0 aromatic heterocycles. The quantitative estimate of drug-likeness (QED) is 0.665. The lowest BCUT2D eigenvalue weighted by Crippen LogP contribution is -2.53. The van der Waals surface area contributed by atoms with E-state index in [0.717, 1.165) is 50.7 Å². The van der Waals surface area contributed by atoms with Crippen molar-refractivity contribution >= 4 is 11.8 Å². The van der Waals surface area contributed by atoms with E-state index in [4.69, 9.17) is 4.74 Å². The smallest absolute Gasteiger partial charge is 0.226 e. The van der Waals surface area contributed by atoms with Crippen molar-refractivity contribution in [2.24, 2.45) is 16.7 Å². The summed E-state index contributed by atoms with van der Waals surface area (Å²) in [6.45, 7) is 12.5. The highest BCUT2D eigenvalue weighted by atomic mass is 16.5. The van der Waals surface area contributed by atoms with E-state index in [1.807, 2.05) is 17.0 Å². The number of para-hydroxylation sites is 1. The van der Waals surface area contributed by atoms with Crippen LogP contribution < -0.4 is 10.1 Å². The Morgan fingerprint density at radius 3 is 2.52 bits per heavy atom. The van der Waals surface area contributed by atoms with Gasteiger partial charge in [-0.3, -0.25) is 9.59 Å². The lowest BCUT2D eigenvalue weighted by Gasteiger charge is -2.42. The summed E-state index contributed by atoms with van der Waals surface area (Å²) in [5, 5.41) is 3.37. The summed E-state index contributed by atoms with van der Waals surface area (Å²) < 4.78 is 6.23. The van der Waals surface area contributed by atoms with Crippen LogP contribution in [-0.2, 0) is 16.0 Å². The van der Waals surface area contributed by atoms with Crippen LogP contribution in [0.4, 0.5) is 0 Å². The van der Waals surface area contributed by atoms with E-state index in [0.29, 0.717) is 32.0 Å². The van der Waals surface area contributed by atoms with Gasteiger partial charge in [-0.15, -0.1) is 0 Å². The molecule has 2 aliphatic heterocycles. The molecule has 1 N–H and O–H groups in total. The van der Waals surface area contributed by atoms with Gasteiger partial charge in [-0.1, -0.05) is 59.2 Å². The van der Waals surface area contributed by atoms with E-state index >= 15 is 0 Å². The van der Waals surface area contributed by atoms with Gasteiger partial charge in [-0.05, 0) is 61.5 Å². The minimum atomic E-state index is -0.382. The molecule has 3 rings (SSSR count). The molecule has 1 atom stereocenters. The summed E-state index contributed by atoms with van der Waals surface area (Å²) in [7, 11) is 0. The second-order valence-corrected chi connectivity index (χ2v) is 11.8. The van der Waals surface area contributed by atoms with Crippen LogP contribution in [0.3, 0.4) is 0 Å². The van der Waals surface area contributed by atoms with Crippen LogP contribution in [0.1, 0.15) is 85.1 Å². The Kier molecular flexibility index (Phi) is 8.47. The number of ether oxygens (including phenoxy) is 1. The number of likely N-dealkylation sites (tertiary alicyclic amines) is 1. The third kappa shape index (κ3) is 7.22. The van der Waals surface area contributed by atoms with Gasteiger partial charge >= 0.3 is 0 Å². The highest BCUT2D eigenvalue weighted by molar-refractivity contribution is 5.84. The molecule has 1 fully saturated rings. The van der Waals surface area contributed by atoms with Gasteiger partial charge in [0.05, 0.1) is 11.5 Å². The van der Waals surface area contributed by atoms with Crippen molar-refractivity contribution in [2.75, 3.05) is 19.7 Å². The number of hydrogen-bond acceptors (Lipinski definition) is 3. The van der Waals surface area contributed by atoms with E-state index < -0.39 is 0 Å². The first-order valence-corrected chi connectivity index (χ1v) is 12.9. The number of fused-ring (bicyclic) bond motifs is 1. The summed E-state index contributed by atoms with van der Waals surface area (Å²) in [4.78, 5) is 28.4. The summed E-state index contributed by atoms with van der Waals surface area (Å²) >= 11 is 0. The third-order valence-corrected chi connectivity index (χ3v) is 7.09. The lowest BCUT2D eigenvalue weighted by atomic mass is 9.73. The molecular formula is C28H44N2O3. The van der Waals surface area contributed by atoms with Gasteiger partial charge in [0.25, 0.3) is 0 Å². The van der Waals surface area contributed by atoms with E-state index in [-0.39, 0.29) is 28.7 Å². The minimum absolute atomic E-state index is 0.0117. The maximum atomic E-state index is 13.7. The fraction of sp³-hybridized carbons (Fsp3) is 0.714. The van der Waals surface area contributed by atoms with Gasteiger partial charge in [-0.25, -0.2) is 0 Å². The van der Waals surface area contributed by atoms with Crippen LogP contribution in [0.2, 0.25) is 0 Å². The maximum absolute atomic E-state index is 13.7. The first kappa shape index (κ1) is 25.6. The monoisotopic (exact) mass is 456 g/mol. The second-order valence-electron chi connectivity index (χ2n) is 11.8. The molecule has 2 heterocycles. The number of amides is 2. The molecule has 5 nitrogen and oxygen atoms in total. The van der Waals surface area contributed by atoms with Gasteiger partial charge in [0.15, 0.2) is 0 Å². The molecule has 1 saturated heterocycles. The van der Waals surface area contributed by atoms with E-state index in [2.05, 4.69) is 52.1 Å². The normalized spacial score (nSPS) is 22.1.